The molecule has 2 heterocycles. The number of halogens is 3. The summed E-state index contributed by atoms with van der Waals surface area (Å²) in [4.78, 5) is 18.0. The molecule has 2 fully saturated rings. The van der Waals surface area contributed by atoms with Gasteiger partial charge in [0.1, 0.15) is 17.9 Å². The first-order valence-corrected chi connectivity index (χ1v) is 13.9. The van der Waals surface area contributed by atoms with Gasteiger partial charge >= 0.3 is 0 Å². The first-order chi connectivity index (χ1) is 17.8. The van der Waals surface area contributed by atoms with Gasteiger partial charge in [-0.3, -0.25) is 15.0 Å². The summed E-state index contributed by atoms with van der Waals surface area (Å²) >= 11 is 6.31. The van der Waals surface area contributed by atoms with Crippen LogP contribution in [0.25, 0.3) is 0 Å². The van der Waals surface area contributed by atoms with Crippen LogP contribution in [-0.4, -0.2) is 58.8 Å². The lowest BCUT2D eigenvalue weighted by Gasteiger charge is -2.36. The third kappa shape index (κ3) is 6.39. The molecule has 0 bridgehead atoms. The number of aliphatic hydroxyl groups is 1. The number of nitrogens with zero attached hydrogens (tertiary/aromatic N) is 2. The molecule has 2 aliphatic rings. The van der Waals surface area contributed by atoms with E-state index >= 15 is 0 Å². The number of piperidine rings is 1. The van der Waals surface area contributed by atoms with Crippen molar-refractivity contribution in [3.63, 3.8) is 0 Å². The van der Waals surface area contributed by atoms with Gasteiger partial charge in [0.2, 0.25) is 5.91 Å². The number of hydrogen-bond acceptors (Lipinski definition) is 4. The van der Waals surface area contributed by atoms with Crippen molar-refractivity contribution in [2.75, 3.05) is 26.2 Å². The molecule has 5 nitrogen and oxygen atoms in total. The van der Waals surface area contributed by atoms with Crippen LogP contribution in [0.1, 0.15) is 82.0 Å². The third-order valence-electron chi connectivity index (χ3n) is 8.20. The molecule has 4 rings (SSSR count). The highest BCUT2D eigenvalue weighted by Crippen LogP contribution is 2.40. The van der Waals surface area contributed by atoms with Crippen molar-refractivity contribution in [3.05, 3.63) is 69.7 Å². The zero-order valence-corrected chi connectivity index (χ0v) is 23.7. The lowest BCUT2D eigenvalue weighted by molar-refractivity contribution is -0.136. The summed E-state index contributed by atoms with van der Waals surface area (Å²) in [6.07, 6.45) is 0.981. The lowest BCUT2D eigenvalue weighted by Crippen LogP contribution is -2.44. The molecule has 2 aromatic carbocycles. The molecule has 0 aromatic heterocycles. The zero-order chi connectivity index (χ0) is 27.8. The second-order valence-electron chi connectivity index (χ2n) is 11.9. The molecule has 0 spiro atoms. The molecule has 0 aliphatic carbocycles. The predicted molar refractivity (Wildman–Crippen MR) is 147 cm³/mol. The van der Waals surface area contributed by atoms with Gasteiger partial charge in [0.25, 0.3) is 0 Å². The second-order valence-corrected chi connectivity index (χ2v) is 12.3. The summed E-state index contributed by atoms with van der Waals surface area (Å²) in [6, 6.07) is 9.53. The molecular weight excluding hydrogens is 508 g/mol. The van der Waals surface area contributed by atoms with Gasteiger partial charge in [-0.1, -0.05) is 23.7 Å². The van der Waals surface area contributed by atoms with E-state index in [2.05, 4.69) is 37.1 Å². The molecule has 4 atom stereocenters. The van der Waals surface area contributed by atoms with Gasteiger partial charge in [-0.05, 0) is 88.3 Å². The number of benzene rings is 2. The van der Waals surface area contributed by atoms with Crippen LogP contribution in [0.2, 0.25) is 5.02 Å². The number of carbonyl (C=O) groups excluding carboxylic acids is 1. The fourth-order valence-corrected chi connectivity index (χ4v) is 6.29. The Labute approximate surface area is 230 Å². The summed E-state index contributed by atoms with van der Waals surface area (Å²) in [6.45, 7) is 12.3. The van der Waals surface area contributed by atoms with Crippen molar-refractivity contribution < 1.29 is 18.7 Å². The average molecular weight is 548 g/mol. The third-order valence-corrected chi connectivity index (χ3v) is 8.44. The highest BCUT2D eigenvalue weighted by atomic mass is 35.5. The van der Waals surface area contributed by atoms with Crippen molar-refractivity contribution in [1.29, 1.82) is 0 Å². The fourth-order valence-electron chi connectivity index (χ4n) is 6.11. The van der Waals surface area contributed by atoms with E-state index in [0.29, 0.717) is 36.8 Å². The SMILES string of the molecule is CC(O)N[C@@H](C)c1cc(Cl)ccc1C1CCN(C(=O)C2CN(C(C)(C)C)CC2c2ccc(F)cc2F)CC1. The lowest BCUT2D eigenvalue weighted by atomic mass is 9.83. The summed E-state index contributed by atoms with van der Waals surface area (Å²) < 4.78 is 28.5. The van der Waals surface area contributed by atoms with Crippen molar-refractivity contribution >= 4 is 17.5 Å². The second kappa shape index (κ2) is 11.6. The van der Waals surface area contributed by atoms with Crippen molar-refractivity contribution in [2.24, 2.45) is 5.92 Å². The van der Waals surface area contributed by atoms with Crippen molar-refractivity contribution in [3.8, 4) is 0 Å². The van der Waals surface area contributed by atoms with Crippen LogP contribution in [0, 0.1) is 17.6 Å². The van der Waals surface area contributed by atoms with Gasteiger partial charge in [-0.15, -0.1) is 0 Å². The Balaban J connectivity index is 1.51. The molecule has 2 N–H and O–H groups in total. The van der Waals surface area contributed by atoms with E-state index in [-0.39, 0.29) is 35.2 Å². The maximum Gasteiger partial charge on any atom is 0.227 e. The van der Waals surface area contributed by atoms with E-state index in [1.54, 1.807) is 6.92 Å². The van der Waals surface area contributed by atoms with Crippen LogP contribution in [0.15, 0.2) is 36.4 Å². The van der Waals surface area contributed by atoms with E-state index in [0.717, 1.165) is 24.5 Å². The fraction of sp³-hybridized carbons (Fsp3) is 0.567. The number of carbonyl (C=O) groups is 1. The molecule has 2 saturated heterocycles. The quantitative estimate of drug-likeness (QED) is 0.447. The van der Waals surface area contributed by atoms with Gasteiger partial charge in [-0.2, -0.15) is 0 Å². The molecule has 2 aromatic rings. The largest absolute Gasteiger partial charge is 0.379 e. The Kier molecular flexibility index (Phi) is 8.82. The molecule has 38 heavy (non-hydrogen) atoms. The number of amides is 1. The summed E-state index contributed by atoms with van der Waals surface area (Å²) in [5, 5.41) is 13.6. The Bertz CT molecular complexity index is 1140. The monoisotopic (exact) mass is 547 g/mol. The minimum atomic E-state index is -0.644. The van der Waals surface area contributed by atoms with Crippen molar-refractivity contribution in [2.45, 2.75) is 77.1 Å². The molecule has 0 saturated carbocycles. The Morgan fingerprint density at radius 2 is 1.71 bits per heavy atom. The van der Waals surface area contributed by atoms with Crippen LogP contribution in [-0.2, 0) is 4.79 Å². The smallest absolute Gasteiger partial charge is 0.227 e. The molecule has 1 amide bonds. The highest BCUT2D eigenvalue weighted by Gasteiger charge is 2.44. The van der Waals surface area contributed by atoms with E-state index in [1.165, 1.54) is 17.7 Å². The molecule has 3 unspecified atom stereocenters. The minimum Gasteiger partial charge on any atom is -0.379 e. The van der Waals surface area contributed by atoms with E-state index in [1.807, 2.05) is 24.0 Å². The standard InChI is InChI=1S/C30H40ClF2N3O2/c1-18(34-19(2)37)25-14-21(31)6-8-23(25)20-10-12-35(13-11-20)29(38)27-17-36(30(3,4)5)16-26(27)24-9-7-22(32)15-28(24)33/h6-9,14-15,18-20,26-27,34,37H,10-13,16-17H2,1-5H3/t18-,19?,26?,27?/m0/s1. The van der Waals surface area contributed by atoms with Gasteiger partial charge in [-0.25, -0.2) is 8.78 Å². The molecule has 208 valence electrons. The van der Waals surface area contributed by atoms with E-state index < -0.39 is 17.9 Å². The zero-order valence-electron chi connectivity index (χ0n) is 23.0. The van der Waals surface area contributed by atoms with Crippen LogP contribution >= 0.6 is 11.6 Å². The van der Waals surface area contributed by atoms with Crippen LogP contribution in [0.4, 0.5) is 8.78 Å². The van der Waals surface area contributed by atoms with Crippen LogP contribution in [0.5, 0.6) is 0 Å². The predicted octanol–water partition coefficient (Wildman–Crippen LogP) is 5.83. The Hall–Kier alpha value is -2.06. The first kappa shape index (κ1) is 28.9. The Morgan fingerprint density at radius 1 is 1.05 bits per heavy atom. The first-order valence-electron chi connectivity index (χ1n) is 13.6. The summed E-state index contributed by atoms with van der Waals surface area (Å²) in [5.41, 5.74) is 2.50. The molecule has 0 radical (unpaired) electrons. The topological polar surface area (TPSA) is 55.8 Å². The van der Waals surface area contributed by atoms with Crippen molar-refractivity contribution in [1.82, 2.24) is 15.1 Å². The van der Waals surface area contributed by atoms with E-state index in [4.69, 9.17) is 11.6 Å². The number of nitrogens with one attached hydrogen (secondary N) is 1. The summed E-state index contributed by atoms with van der Waals surface area (Å²) in [5.74, 6) is -1.59. The van der Waals surface area contributed by atoms with Crippen LogP contribution in [0.3, 0.4) is 0 Å². The maximum atomic E-state index is 14.8. The average Bonchev–Trinajstić information content (AvgIpc) is 3.29. The van der Waals surface area contributed by atoms with Gasteiger partial charge < -0.3 is 10.0 Å². The highest BCUT2D eigenvalue weighted by molar-refractivity contribution is 6.30. The maximum absolute atomic E-state index is 14.8. The molecular formula is C30H40ClF2N3O2. The van der Waals surface area contributed by atoms with E-state index in [9.17, 15) is 18.7 Å². The molecule has 8 heteroatoms. The minimum absolute atomic E-state index is 0.0457. The number of aliphatic hydroxyl groups excluding tert-OH is 1. The summed E-state index contributed by atoms with van der Waals surface area (Å²) in [7, 11) is 0. The number of rotatable bonds is 6. The number of hydrogen-bond donors (Lipinski definition) is 2. The molecule has 2 aliphatic heterocycles. The van der Waals surface area contributed by atoms with Gasteiger partial charge in [0.15, 0.2) is 0 Å². The van der Waals surface area contributed by atoms with Crippen LogP contribution < -0.4 is 5.32 Å². The Morgan fingerprint density at radius 3 is 2.32 bits per heavy atom. The normalized spacial score (nSPS) is 23.0. The van der Waals surface area contributed by atoms with Gasteiger partial charge in [0.05, 0.1) is 5.92 Å². The number of likely N-dealkylation sites (tertiary alicyclic amines) is 2. The van der Waals surface area contributed by atoms with Gasteiger partial charge in [0, 0.05) is 54.8 Å².